The van der Waals surface area contributed by atoms with Crippen molar-refractivity contribution in [3.63, 3.8) is 0 Å². The second kappa shape index (κ2) is 3.51. The fourth-order valence-corrected chi connectivity index (χ4v) is 1.33. The number of nitrogens with two attached hydrogens (primary N) is 1. The molecule has 84 valence electrons. The molecule has 7 heteroatoms. The van der Waals surface area contributed by atoms with Gasteiger partial charge >= 0.3 is 6.18 Å². The van der Waals surface area contributed by atoms with Crippen molar-refractivity contribution < 1.29 is 13.2 Å². The monoisotopic (exact) mass is 228 g/mol. The van der Waals surface area contributed by atoms with Crippen LogP contribution in [0.3, 0.4) is 0 Å². The van der Waals surface area contributed by atoms with E-state index in [2.05, 4.69) is 10.2 Å². The minimum atomic E-state index is -4.46. The van der Waals surface area contributed by atoms with Crippen LogP contribution in [0, 0.1) is 0 Å². The first kappa shape index (κ1) is 10.5. The molecule has 0 unspecified atom stereocenters. The Kier molecular flexibility index (Phi) is 2.30. The van der Waals surface area contributed by atoms with Gasteiger partial charge in [0.2, 0.25) is 0 Å². The van der Waals surface area contributed by atoms with Crippen molar-refractivity contribution in [3.05, 3.63) is 36.4 Å². The molecule has 16 heavy (non-hydrogen) atoms. The van der Waals surface area contributed by atoms with Crippen molar-refractivity contribution in [2.24, 2.45) is 0 Å². The Morgan fingerprint density at radius 3 is 2.31 bits per heavy atom. The van der Waals surface area contributed by atoms with Gasteiger partial charge in [-0.3, -0.25) is 4.57 Å². The third kappa shape index (κ3) is 1.83. The standard InChI is InChI=1S/C9H7F3N4/c10-9(11,12)7-3-6(13)1-2-8(7)16-4-14-15-5-16/h1-5H,13H2. The number of rotatable bonds is 1. The predicted molar refractivity (Wildman–Crippen MR) is 50.8 cm³/mol. The summed E-state index contributed by atoms with van der Waals surface area (Å²) in [7, 11) is 0. The number of anilines is 1. The highest BCUT2D eigenvalue weighted by molar-refractivity contribution is 5.52. The summed E-state index contributed by atoms with van der Waals surface area (Å²) >= 11 is 0. The first-order valence-electron chi connectivity index (χ1n) is 4.30. The van der Waals surface area contributed by atoms with Crippen molar-refractivity contribution in [1.82, 2.24) is 14.8 Å². The summed E-state index contributed by atoms with van der Waals surface area (Å²) in [6.07, 6.45) is -2.07. The number of aromatic nitrogens is 3. The van der Waals surface area contributed by atoms with Crippen molar-refractivity contribution in [2.75, 3.05) is 5.73 Å². The van der Waals surface area contributed by atoms with Gasteiger partial charge in [0.25, 0.3) is 0 Å². The quantitative estimate of drug-likeness (QED) is 0.758. The average molecular weight is 228 g/mol. The molecule has 1 aromatic heterocycles. The van der Waals surface area contributed by atoms with E-state index in [0.717, 1.165) is 6.07 Å². The molecule has 0 spiro atoms. The van der Waals surface area contributed by atoms with Gasteiger partial charge in [-0.1, -0.05) is 0 Å². The average Bonchev–Trinajstić information content (AvgIpc) is 2.69. The molecule has 0 aliphatic carbocycles. The van der Waals surface area contributed by atoms with Gasteiger partial charge in [0, 0.05) is 5.69 Å². The largest absolute Gasteiger partial charge is 0.418 e. The van der Waals surface area contributed by atoms with E-state index >= 15 is 0 Å². The van der Waals surface area contributed by atoms with Gasteiger partial charge in [-0.2, -0.15) is 13.2 Å². The molecule has 0 radical (unpaired) electrons. The summed E-state index contributed by atoms with van der Waals surface area (Å²) in [4.78, 5) is 0. The van der Waals surface area contributed by atoms with E-state index in [4.69, 9.17) is 5.73 Å². The SMILES string of the molecule is Nc1ccc(-n2cnnc2)c(C(F)(F)F)c1. The van der Waals surface area contributed by atoms with Gasteiger partial charge in [0.1, 0.15) is 12.7 Å². The molecule has 2 N–H and O–H groups in total. The minimum absolute atomic E-state index is 0.0494. The maximum Gasteiger partial charge on any atom is 0.418 e. The number of hydrogen-bond acceptors (Lipinski definition) is 3. The molecular formula is C9H7F3N4. The van der Waals surface area contributed by atoms with E-state index in [0.29, 0.717) is 0 Å². The maximum absolute atomic E-state index is 12.7. The number of nitrogens with zero attached hydrogens (tertiary/aromatic N) is 3. The number of benzene rings is 1. The van der Waals surface area contributed by atoms with Crippen LogP contribution in [-0.2, 0) is 6.18 Å². The van der Waals surface area contributed by atoms with Gasteiger partial charge in [0.15, 0.2) is 0 Å². The van der Waals surface area contributed by atoms with Gasteiger partial charge in [-0.15, -0.1) is 10.2 Å². The second-order valence-electron chi connectivity index (χ2n) is 3.14. The molecule has 0 aliphatic heterocycles. The number of alkyl halides is 3. The number of nitrogen functional groups attached to an aromatic ring is 1. The van der Waals surface area contributed by atoms with Crippen LogP contribution in [0.2, 0.25) is 0 Å². The van der Waals surface area contributed by atoms with Crippen molar-refractivity contribution in [1.29, 1.82) is 0 Å². The van der Waals surface area contributed by atoms with Gasteiger partial charge < -0.3 is 5.73 Å². The molecule has 2 aromatic rings. The van der Waals surface area contributed by atoms with Crippen LogP contribution in [0.5, 0.6) is 0 Å². The summed E-state index contributed by atoms with van der Waals surface area (Å²) in [6, 6.07) is 3.56. The summed E-state index contributed by atoms with van der Waals surface area (Å²) in [5, 5.41) is 6.92. The van der Waals surface area contributed by atoms with Crippen LogP contribution in [0.1, 0.15) is 5.56 Å². The molecule has 0 fully saturated rings. The molecule has 1 heterocycles. The molecule has 4 nitrogen and oxygen atoms in total. The van der Waals surface area contributed by atoms with Gasteiger partial charge in [-0.25, -0.2) is 0 Å². The third-order valence-corrected chi connectivity index (χ3v) is 2.02. The second-order valence-corrected chi connectivity index (χ2v) is 3.14. The van der Waals surface area contributed by atoms with Gasteiger partial charge in [-0.05, 0) is 18.2 Å². The van der Waals surface area contributed by atoms with Crippen molar-refractivity contribution in [3.8, 4) is 5.69 Å². The van der Waals surface area contributed by atoms with Gasteiger partial charge in [0.05, 0.1) is 11.3 Å². The zero-order chi connectivity index (χ0) is 11.8. The number of hydrogen-bond donors (Lipinski definition) is 1. The normalized spacial score (nSPS) is 11.7. The Balaban J connectivity index is 2.62. The Labute approximate surface area is 88.5 Å². The predicted octanol–water partition coefficient (Wildman–Crippen LogP) is 1.87. The van der Waals surface area contributed by atoms with Crippen LogP contribution in [-0.4, -0.2) is 14.8 Å². The molecule has 0 aliphatic rings. The Bertz CT molecular complexity index is 490. The zero-order valence-electron chi connectivity index (χ0n) is 7.94. The lowest BCUT2D eigenvalue weighted by Gasteiger charge is -2.13. The van der Waals surface area contributed by atoms with E-state index in [9.17, 15) is 13.2 Å². The van der Waals surface area contributed by atoms with Crippen LogP contribution < -0.4 is 5.73 Å². The molecule has 0 amide bonds. The topological polar surface area (TPSA) is 56.7 Å². The fraction of sp³-hybridized carbons (Fsp3) is 0.111. The van der Waals surface area contributed by atoms with E-state index in [-0.39, 0.29) is 11.4 Å². The van der Waals surface area contributed by atoms with Crippen LogP contribution >= 0.6 is 0 Å². The molecule has 0 saturated carbocycles. The first-order chi connectivity index (χ1) is 7.48. The maximum atomic E-state index is 12.7. The molecule has 2 rings (SSSR count). The van der Waals surface area contributed by atoms with E-state index in [1.165, 1.54) is 29.4 Å². The number of halogens is 3. The summed E-state index contributed by atoms with van der Waals surface area (Å²) in [5.74, 6) is 0. The smallest absolute Gasteiger partial charge is 0.399 e. The minimum Gasteiger partial charge on any atom is -0.399 e. The first-order valence-corrected chi connectivity index (χ1v) is 4.30. The third-order valence-electron chi connectivity index (χ3n) is 2.02. The Morgan fingerprint density at radius 2 is 1.75 bits per heavy atom. The Morgan fingerprint density at radius 1 is 1.12 bits per heavy atom. The molecule has 0 saturated heterocycles. The summed E-state index contributed by atoms with van der Waals surface area (Å²) in [6.45, 7) is 0. The highest BCUT2D eigenvalue weighted by Crippen LogP contribution is 2.34. The van der Waals surface area contributed by atoms with Crippen molar-refractivity contribution >= 4 is 5.69 Å². The lowest BCUT2D eigenvalue weighted by molar-refractivity contribution is -0.137. The van der Waals surface area contributed by atoms with E-state index in [1.54, 1.807) is 0 Å². The highest BCUT2D eigenvalue weighted by atomic mass is 19.4. The van der Waals surface area contributed by atoms with E-state index in [1.807, 2.05) is 0 Å². The van der Waals surface area contributed by atoms with E-state index < -0.39 is 11.7 Å². The molecule has 1 aromatic carbocycles. The lowest BCUT2D eigenvalue weighted by Crippen LogP contribution is -2.10. The summed E-state index contributed by atoms with van der Waals surface area (Å²) < 4.78 is 39.3. The van der Waals surface area contributed by atoms with Crippen molar-refractivity contribution in [2.45, 2.75) is 6.18 Å². The molecule has 0 bridgehead atoms. The molecular weight excluding hydrogens is 221 g/mol. The Hall–Kier alpha value is -2.05. The fourth-order valence-electron chi connectivity index (χ4n) is 1.33. The highest BCUT2D eigenvalue weighted by Gasteiger charge is 2.34. The summed E-state index contributed by atoms with van der Waals surface area (Å²) in [5.41, 5.74) is 4.53. The van der Waals surface area contributed by atoms with Crippen LogP contribution in [0.25, 0.3) is 5.69 Å². The molecule has 0 atom stereocenters. The van der Waals surface area contributed by atoms with Crippen LogP contribution in [0.4, 0.5) is 18.9 Å². The van der Waals surface area contributed by atoms with Crippen LogP contribution in [0.15, 0.2) is 30.9 Å². The zero-order valence-corrected chi connectivity index (χ0v) is 7.94. The lowest BCUT2D eigenvalue weighted by atomic mass is 10.1.